The van der Waals surface area contributed by atoms with Crippen LogP contribution in [-0.2, 0) is 5.54 Å². The summed E-state index contributed by atoms with van der Waals surface area (Å²) in [4.78, 5) is 0. The quantitative estimate of drug-likeness (QED) is 0.662. The maximum absolute atomic E-state index is 9.55. The van der Waals surface area contributed by atoms with Gasteiger partial charge in [0.05, 0.1) is 19.3 Å². The molecule has 0 heterocycles. The van der Waals surface area contributed by atoms with Crippen LogP contribution in [0.4, 0.5) is 0 Å². The zero-order chi connectivity index (χ0) is 10.8. The molecule has 0 saturated heterocycles. The van der Waals surface area contributed by atoms with Crippen LogP contribution in [0.3, 0.4) is 0 Å². The number of aliphatic hydroxyl groups excluding tert-OH is 1. The molecule has 14 heavy (non-hydrogen) atoms. The van der Waals surface area contributed by atoms with Gasteiger partial charge in [-0.05, 0) is 25.1 Å². The number of aromatic hydroxyl groups is 1. The van der Waals surface area contributed by atoms with E-state index in [1.165, 1.54) is 13.2 Å². The molecule has 4 nitrogen and oxygen atoms in total. The van der Waals surface area contributed by atoms with Gasteiger partial charge in [-0.25, -0.2) is 0 Å². The summed E-state index contributed by atoms with van der Waals surface area (Å²) in [7, 11) is 1.53. The molecule has 0 amide bonds. The average Bonchev–Trinajstić information content (AvgIpc) is 2.18. The van der Waals surface area contributed by atoms with Crippen LogP contribution in [0.15, 0.2) is 18.2 Å². The van der Waals surface area contributed by atoms with Crippen LogP contribution in [0.25, 0.3) is 0 Å². The van der Waals surface area contributed by atoms with E-state index in [4.69, 9.17) is 15.6 Å². The lowest BCUT2D eigenvalue weighted by molar-refractivity contribution is 0.206. The molecule has 0 aromatic heterocycles. The Bertz CT molecular complexity index is 323. The first-order chi connectivity index (χ1) is 6.51. The smallest absolute Gasteiger partial charge is 0.120 e. The zero-order valence-electron chi connectivity index (χ0n) is 8.32. The van der Waals surface area contributed by atoms with Gasteiger partial charge in [-0.2, -0.15) is 0 Å². The number of nitrogens with two attached hydrogens (primary N) is 1. The normalized spacial score (nSPS) is 14.9. The van der Waals surface area contributed by atoms with Gasteiger partial charge in [0.2, 0.25) is 0 Å². The van der Waals surface area contributed by atoms with Crippen LogP contribution < -0.4 is 10.5 Å². The van der Waals surface area contributed by atoms with Crippen molar-refractivity contribution in [3.8, 4) is 11.5 Å². The Morgan fingerprint density at radius 1 is 1.50 bits per heavy atom. The van der Waals surface area contributed by atoms with Crippen molar-refractivity contribution in [3.63, 3.8) is 0 Å². The number of ether oxygens (including phenoxy) is 1. The Morgan fingerprint density at radius 2 is 2.14 bits per heavy atom. The van der Waals surface area contributed by atoms with Gasteiger partial charge in [-0.1, -0.05) is 0 Å². The lowest BCUT2D eigenvalue weighted by Gasteiger charge is -2.23. The summed E-state index contributed by atoms with van der Waals surface area (Å²) in [5.74, 6) is 0.660. The Morgan fingerprint density at radius 3 is 2.64 bits per heavy atom. The highest BCUT2D eigenvalue weighted by Gasteiger charge is 2.23. The summed E-state index contributed by atoms with van der Waals surface area (Å²) in [6.07, 6.45) is 0. The molecule has 0 saturated carbocycles. The second kappa shape index (κ2) is 3.86. The highest BCUT2D eigenvalue weighted by molar-refractivity contribution is 5.43. The molecule has 0 bridgehead atoms. The minimum absolute atomic E-state index is 0.0600. The zero-order valence-corrected chi connectivity index (χ0v) is 8.32. The van der Waals surface area contributed by atoms with Crippen molar-refractivity contribution in [3.05, 3.63) is 23.8 Å². The van der Waals surface area contributed by atoms with Gasteiger partial charge in [0.25, 0.3) is 0 Å². The third kappa shape index (κ3) is 1.97. The van der Waals surface area contributed by atoms with E-state index in [0.717, 1.165) is 0 Å². The van der Waals surface area contributed by atoms with Gasteiger partial charge in [-0.3, -0.25) is 0 Å². The number of hydrogen-bond donors (Lipinski definition) is 3. The molecular weight excluding hydrogens is 182 g/mol. The lowest BCUT2D eigenvalue weighted by Crippen LogP contribution is -2.36. The fourth-order valence-electron chi connectivity index (χ4n) is 1.18. The number of aliphatic hydroxyl groups is 1. The van der Waals surface area contributed by atoms with E-state index < -0.39 is 5.54 Å². The van der Waals surface area contributed by atoms with Crippen molar-refractivity contribution >= 4 is 0 Å². The first-order valence-corrected chi connectivity index (χ1v) is 4.28. The van der Waals surface area contributed by atoms with E-state index >= 15 is 0 Å². The summed E-state index contributed by atoms with van der Waals surface area (Å²) < 4.78 is 5.00. The monoisotopic (exact) mass is 197 g/mol. The van der Waals surface area contributed by atoms with E-state index in [2.05, 4.69) is 0 Å². The number of hydrogen-bond acceptors (Lipinski definition) is 4. The molecule has 0 aliphatic heterocycles. The molecule has 4 N–H and O–H groups in total. The highest BCUT2D eigenvalue weighted by atomic mass is 16.5. The maximum atomic E-state index is 9.55. The molecule has 1 rings (SSSR count). The fraction of sp³-hybridized carbons (Fsp3) is 0.400. The highest BCUT2D eigenvalue weighted by Crippen LogP contribution is 2.30. The van der Waals surface area contributed by atoms with E-state index in [1.807, 2.05) is 0 Å². The minimum Gasteiger partial charge on any atom is -0.508 e. The van der Waals surface area contributed by atoms with Crippen molar-refractivity contribution in [2.75, 3.05) is 13.7 Å². The van der Waals surface area contributed by atoms with Gasteiger partial charge >= 0.3 is 0 Å². The van der Waals surface area contributed by atoms with Crippen LogP contribution in [-0.4, -0.2) is 23.9 Å². The molecule has 78 valence electrons. The van der Waals surface area contributed by atoms with Gasteiger partial charge in [0.1, 0.15) is 11.5 Å². The van der Waals surface area contributed by atoms with Gasteiger partial charge in [0.15, 0.2) is 0 Å². The second-order valence-corrected chi connectivity index (χ2v) is 3.46. The molecular formula is C10H15NO3. The van der Waals surface area contributed by atoms with E-state index in [0.29, 0.717) is 11.3 Å². The van der Waals surface area contributed by atoms with E-state index in [9.17, 15) is 5.11 Å². The molecule has 1 unspecified atom stereocenters. The maximum Gasteiger partial charge on any atom is 0.120 e. The number of phenolic OH excluding ortho intramolecular Hbond substituents is 1. The SMILES string of the molecule is COc1ccc(O)c(C(C)(N)CO)c1. The average molecular weight is 197 g/mol. The first kappa shape index (κ1) is 10.8. The summed E-state index contributed by atoms with van der Waals surface area (Å²) in [5.41, 5.74) is 5.31. The molecule has 4 heteroatoms. The van der Waals surface area contributed by atoms with Crippen LogP contribution >= 0.6 is 0 Å². The van der Waals surface area contributed by atoms with Crippen LogP contribution in [0.1, 0.15) is 12.5 Å². The van der Waals surface area contributed by atoms with Crippen molar-refractivity contribution in [2.24, 2.45) is 5.73 Å². The molecule has 1 atom stereocenters. The van der Waals surface area contributed by atoms with Crippen molar-refractivity contribution in [2.45, 2.75) is 12.5 Å². The Hall–Kier alpha value is -1.26. The topological polar surface area (TPSA) is 75.7 Å². The largest absolute Gasteiger partial charge is 0.508 e. The third-order valence-corrected chi connectivity index (χ3v) is 2.15. The molecule has 0 fully saturated rings. The summed E-state index contributed by atoms with van der Waals surface area (Å²) >= 11 is 0. The number of methoxy groups -OCH3 is 1. The van der Waals surface area contributed by atoms with Gasteiger partial charge in [-0.15, -0.1) is 0 Å². The number of rotatable bonds is 3. The third-order valence-electron chi connectivity index (χ3n) is 2.15. The molecule has 0 radical (unpaired) electrons. The van der Waals surface area contributed by atoms with Crippen LogP contribution in [0.5, 0.6) is 11.5 Å². The van der Waals surface area contributed by atoms with Crippen LogP contribution in [0, 0.1) is 0 Å². The Labute approximate surface area is 82.9 Å². The lowest BCUT2D eigenvalue weighted by atomic mass is 9.93. The van der Waals surface area contributed by atoms with Gasteiger partial charge < -0.3 is 20.7 Å². The first-order valence-electron chi connectivity index (χ1n) is 4.28. The predicted molar refractivity (Wildman–Crippen MR) is 53.3 cm³/mol. The molecule has 0 spiro atoms. The Kier molecular flexibility index (Phi) is 2.98. The molecule has 1 aromatic rings. The number of phenols is 1. The summed E-state index contributed by atoms with van der Waals surface area (Å²) in [6.45, 7) is 1.40. The molecule has 0 aliphatic carbocycles. The summed E-state index contributed by atoms with van der Waals surface area (Å²) in [5, 5.41) is 18.6. The van der Waals surface area contributed by atoms with E-state index in [1.54, 1.807) is 19.1 Å². The standard InChI is InChI=1S/C10H15NO3/c1-10(11,6-12)8-5-7(14-2)3-4-9(8)13/h3-5,12-13H,6,11H2,1-2H3. The Balaban J connectivity index is 3.18. The fourth-order valence-corrected chi connectivity index (χ4v) is 1.18. The minimum atomic E-state index is -0.960. The van der Waals surface area contributed by atoms with Crippen molar-refractivity contribution in [1.29, 1.82) is 0 Å². The van der Waals surface area contributed by atoms with E-state index in [-0.39, 0.29) is 12.4 Å². The van der Waals surface area contributed by atoms with Crippen molar-refractivity contribution in [1.82, 2.24) is 0 Å². The molecule has 1 aromatic carbocycles. The van der Waals surface area contributed by atoms with Crippen molar-refractivity contribution < 1.29 is 14.9 Å². The van der Waals surface area contributed by atoms with Crippen LogP contribution in [0.2, 0.25) is 0 Å². The summed E-state index contributed by atoms with van der Waals surface area (Å²) in [6, 6.07) is 4.74. The molecule has 0 aliphatic rings. The second-order valence-electron chi connectivity index (χ2n) is 3.46. The van der Waals surface area contributed by atoms with Gasteiger partial charge in [0, 0.05) is 5.56 Å². The predicted octanol–water partition coefficient (Wildman–Crippen LogP) is 0.567. The number of benzene rings is 1.